The third kappa shape index (κ3) is 6.38. The highest BCUT2D eigenvalue weighted by molar-refractivity contribution is 9.10. The summed E-state index contributed by atoms with van der Waals surface area (Å²) in [5, 5.41) is 10.9. The molecule has 0 fully saturated rings. The van der Waals surface area contributed by atoms with Crippen LogP contribution in [0.3, 0.4) is 0 Å². The molecule has 4 aromatic rings. The first-order chi connectivity index (χ1) is 16.9. The molecule has 1 aromatic heterocycles. The zero-order valence-electron chi connectivity index (χ0n) is 19.0. The van der Waals surface area contributed by atoms with E-state index < -0.39 is 6.04 Å². The van der Waals surface area contributed by atoms with Crippen LogP contribution in [-0.2, 0) is 17.8 Å². The molecule has 35 heavy (non-hydrogen) atoms. The second-order valence-corrected chi connectivity index (χ2v) is 9.39. The van der Waals surface area contributed by atoms with Gasteiger partial charge in [-0.1, -0.05) is 82.1 Å². The van der Waals surface area contributed by atoms with Gasteiger partial charge in [0.15, 0.2) is 0 Å². The quantitative estimate of drug-likeness (QED) is 0.320. The monoisotopic (exact) mass is 550 g/mol. The van der Waals surface area contributed by atoms with E-state index in [2.05, 4.69) is 26.6 Å². The van der Waals surface area contributed by atoms with Crippen LogP contribution in [-0.4, -0.2) is 34.7 Å². The van der Waals surface area contributed by atoms with Gasteiger partial charge >= 0.3 is 0 Å². The molecule has 0 spiro atoms. The minimum absolute atomic E-state index is 0.275. The highest BCUT2D eigenvalue weighted by atomic mass is 79.9. The SMILES string of the molecule is CNC(=O)[C@H](Cc1cccc(Br)c1)NC(=O)c1cc(-c2ccccc2)nn1Cc1cccc(Cl)c1. The molecule has 0 aliphatic rings. The molecule has 3 aromatic carbocycles. The van der Waals surface area contributed by atoms with Crippen LogP contribution in [0.2, 0.25) is 5.02 Å². The predicted molar refractivity (Wildman–Crippen MR) is 141 cm³/mol. The number of hydrogen-bond donors (Lipinski definition) is 2. The Morgan fingerprint density at radius 2 is 1.71 bits per heavy atom. The molecule has 178 valence electrons. The summed E-state index contributed by atoms with van der Waals surface area (Å²) in [4.78, 5) is 26.1. The lowest BCUT2D eigenvalue weighted by Crippen LogP contribution is -2.47. The van der Waals surface area contributed by atoms with E-state index in [1.54, 1.807) is 23.9 Å². The fraction of sp³-hybridized carbons (Fsp3) is 0.148. The van der Waals surface area contributed by atoms with Crippen LogP contribution >= 0.6 is 27.5 Å². The molecule has 4 rings (SSSR count). The molecule has 0 unspecified atom stereocenters. The van der Waals surface area contributed by atoms with Gasteiger partial charge in [-0.2, -0.15) is 5.10 Å². The average Bonchev–Trinajstić information content (AvgIpc) is 3.27. The van der Waals surface area contributed by atoms with E-state index in [-0.39, 0.29) is 11.8 Å². The van der Waals surface area contributed by atoms with E-state index in [0.717, 1.165) is 21.2 Å². The summed E-state index contributed by atoms with van der Waals surface area (Å²) in [7, 11) is 1.55. The minimum atomic E-state index is -0.753. The molecule has 0 bridgehead atoms. The van der Waals surface area contributed by atoms with Gasteiger partial charge in [-0.15, -0.1) is 0 Å². The predicted octanol–water partition coefficient (Wildman–Crippen LogP) is 5.10. The Hall–Kier alpha value is -3.42. The summed E-state index contributed by atoms with van der Waals surface area (Å²) in [6.45, 7) is 0.354. The van der Waals surface area contributed by atoms with Crippen molar-refractivity contribution >= 4 is 39.3 Å². The number of carbonyl (C=O) groups excluding carboxylic acids is 2. The van der Waals surface area contributed by atoms with Crippen molar-refractivity contribution in [1.82, 2.24) is 20.4 Å². The van der Waals surface area contributed by atoms with Gasteiger partial charge in [0.25, 0.3) is 5.91 Å². The van der Waals surface area contributed by atoms with E-state index in [9.17, 15) is 9.59 Å². The smallest absolute Gasteiger partial charge is 0.270 e. The van der Waals surface area contributed by atoms with Crippen LogP contribution in [0.4, 0.5) is 0 Å². The molecule has 2 N–H and O–H groups in total. The van der Waals surface area contributed by atoms with Gasteiger partial charge in [-0.05, 0) is 41.5 Å². The van der Waals surface area contributed by atoms with E-state index in [1.807, 2.05) is 72.8 Å². The molecule has 2 amide bonds. The van der Waals surface area contributed by atoms with Crippen LogP contribution in [0.15, 0.2) is 89.4 Å². The van der Waals surface area contributed by atoms with Gasteiger partial charge < -0.3 is 10.6 Å². The van der Waals surface area contributed by atoms with E-state index in [1.165, 1.54) is 0 Å². The summed E-state index contributed by atoms with van der Waals surface area (Å²) in [5.41, 5.74) is 3.74. The Balaban J connectivity index is 1.65. The van der Waals surface area contributed by atoms with Crippen molar-refractivity contribution in [3.63, 3.8) is 0 Å². The highest BCUT2D eigenvalue weighted by Crippen LogP contribution is 2.21. The molecule has 8 heteroatoms. The maximum absolute atomic E-state index is 13.5. The van der Waals surface area contributed by atoms with Crippen molar-refractivity contribution in [2.75, 3.05) is 7.05 Å². The summed E-state index contributed by atoms with van der Waals surface area (Å²) in [5.74, 6) is -0.659. The second-order valence-electron chi connectivity index (χ2n) is 8.04. The van der Waals surface area contributed by atoms with Gasteiger partial charge in [0, 0.05) is 28.5 Å². The summed E-state index contributed by atoms with van der Waals surface area (Å²) in [6, 6.07) is 25.7. The van der Waals surface area contributed by atoms with Gasteiger partial charge in [0.1, 0.15) is 11.7 Å². The molecule has 1 atom stereocenters. The molecular formula is C27H24BrClN4O2. The lowest BCUT2D eigenvalue weighted by Gasteiger charge is -2.18. The Bertz CT molecular complexity index is 1340. The van der Waals surface area contributed by atoms with Crippen LogP contribution in [0, 0.1) is 0 Å². The highest BCUT2D eigenvalue weighted by Gasteiger charge is 2.24. The van der Waals surface area contributed by atoms with Crippen molar-refractivity contribution < 1.29 is 9.59 Å². The number of carbonyl (C=O) groups is 2. The zero-order valence-corrected chi connectivity index (χ0v) is 21.4. The second kappa shape index (κ2) is 11.3. The maximum Gasteiger partial charge on any atom is 0.270 e. The van der Waals surface area contributed by atoms with Crippen LogP contribution < -0.4 is 10.6 Å². The number of amides is 2. The number of benzene rings is 3. The first kappa shape index (κ1) is 24.7. The Morgan fingerprint density at radius 3 is 2.43 bits per heavy atom. The third-order valence-electron chi connectivity index (χ3n) is 5.50. The molecule has 0 aliphatic heterocycles. The molecule has 1 heterocycles. The lowest BCUT2D eigenvalue weighted by atomic mass is 10.0. The van der Waals surface area contributed by atoms with E-state index in [4.69, 9.17) is 16.7 Å². The summed E-state index contributed by atoms with van der Waals surface area (Å²) in [6.07, 6.45) is 0.346. The maximum atomic E-state index is 13.5. The molecule has 6 nitrogen and oxygen atoms in total. The third-order valence-corrected chi connectivity index (χ3v) is 6.23. The van der Waals surface area contributed by atoms with Crippen LogP contribution in [0.1, 0.15) is 21.6 Å². The van der Waals surface area contributed by atoms with Crippen molar-refractivity contribution in [2.45, 2.75) is 19.0 Å². The lowest BCUT2D eigenvalue weighted by molar-refractivity contribution is -0.122. The number of nitrogens with zero attached hydrogens (tertiary/aromatic N) is 2. The van der Waals surface area contributed by atoms with Crippen LogP contribution in [0.25, 0.3) is 11.3 Å². The molecule has 0 saturated carbocycles. The largest absolute Gasteiger partial charge is 0.357 e. The van der Waals surface area contributed by atoms with Crippen molar-refractivity contribution in [3.05, 3.63) is 111 Å². The number of nitrogens with one attached hydrogen (secondary N) is 2. The molecule has 0 saturated heterocycles. The topological polar surface area (TPSA) is 76.0 Å². The van der Waals surface area contributed by atoms with Crippen molar-refractivity contribution in [1.29, 1.82) is 0 Å². The molecular weight excluding hydrogens is 528 g/mol. The van der Waals surface area contributed by atoms with Crippen molar-refractivity contribution in [2.24, 2.45) is 0 Å². The van der Waals surface area contributed by atoms with E-state index in [0.29, 0.717) is 29.4 Å². The Labute approximate surface area is 217 Å². The zero-order chi connectivity index (χ0) is 24.8. The number of rotatable bonds is 8. The van der Waals surface area contributed by atoms with Gasteiger partial charge in [-0.25, -0.2) is 0 Å². The number of likely N-dealkylation sites (N-methyl/N-ethyl adjacent to an activating group) is 1. The molecule has 0 aliphatic carbocycles. The van der Waals surface area contributed by atoms with Crippen LogP contribution in [0.5, 0.6) is 0 Å². The van der Waals surface area contributed by atoms with Gasteiger partial charge in [-0.3, -0.25) is 14.3 Å². The first-order valence-electron chi connectivity index (χ1n) is 11.1. The van der Waals surface area contributed by atoms with Gasteiger partial charge in [0.2, 0.25) is 5.91 Å². The van der Waals surface area contributed by atoms with E-state index >= 15 is 0 Å². The first-order valence-corrected chi connectivity index (χ1v) is 12.2. The summed E-state index contributed by atoms with van der Waals surface area (Å²) >= 11 is 9.62. The standard InChI is InChI=1S/C27H24BrClN4O2/c1-30-26(34)24(15-18-7-5-11-21(28)13-18)31-27(35)25-16-23(20-9-3-2-4-10-20)32-33(25)17-19-8-6-12-22(29)14-19/h2-14,16,24H,15,17H2,1H3,(H,30,34)(H,31,35)/t24-/m0/s1. The fourth-order valence-electron chi connectivity index (χ4n) is 3.79. The minimum Gasteiger partial charge on any atom is -0.357 e. The van der Waals surface area contributed by atoms with Crippen molar-refractivity contribution in [3.8, 4) is 11.3 Å². The molecule has 0 radical (unpaired) electrons. The number of halogens is 2. The number of hydrogen-bond acceptors (Lipinski definition) is 3. The fourth-order valence-corrected chi connectivity index (χ4v) is 4.45. The van der Waals surface area contributed by atoms with Gasteiger partial charge in [0.05, 0.1) is 12.2 Å². The summed E-state index contributed by atoms with van der Waals surface area (Å²) < 4.78 is 2.55. The Morgan fingerprint density at radius 1 is 0.971 bits per heavy atom. The normalized spacial score (nSPS) is 11.6. The Kier molecular flexibility index (Phi) is 8.00. The average molecular weight is 552 g/mol. The number of aromatic nitrogens is 2.